The first-order valence-corrected chi connectivity index (χ1v) is 7.69. The van der Waals surface area contributed by atoms with Crippen molar-refractivity contribution in [2.24, 2.45) is 0 Å². The van der Waals surface area contributed by atoms with Crippen molar-refractivity contribution >= 4 is 23.5 Å². The molecule has 0 unspecified atom stereocenters. The van der Waals surface area contributed by atoms with Crippen molar-refractivity contribution in [1.29, 1.82) is 0 Å². The van der Waals surface area contributed by atoms with E-state index in [4.69, 9.17) is 25.8 Å². The van der Waals surface area contributed by atoms with Crippen LogP contribution in [-0.2, 0) is 16.1 Å². The Morgan fingerprint density at radius 3 is 2.80 bits per heavy atom. The Kier molecular flexibility index (Phi) is 5.04. The molecule has 1 N–H and O–H groups in total. The average molecular weight is 366 g/mol. The number of hydrogen-bond donors (Lipinski definition) is 1. The first-order chi connectivity index (χ1) is 12.0. The Labute approximate surface area is 147 Å². The smallest absolute Gasteiger partial charge is 0.343 e. The number of amides is 1. The summed E-state index contributed by atoms with van der Waals surface area (Å²) in [6.45, 7) is -0.165. The number of ether oxygens (including phenoxy) is 3. The lowest BCUT2D eigenvalue weighted by molar-refractivity contribution is -0.124. The number of carbonyl (C=O) groups is 2. The van der Waals surface area contributed by atoms with Crippen LogP contribution >= 0.6 is 11.6 Å². The number of halogens is 2. The highest BCUT2D eigenvalue weighted by molar-refractivity contribution is 6.33. The van der Waals surface area contributed by atoms with Gasteiger partial charge in [0.1, 0.15) is 11.4 Å². The van der Waals surface area contributed by atoms with Crippen molar-refractivity contribution in [3.63, 3.8) is 0 Å². The summed E-state index contributed by atoms with van der Waals surface area (Å²) in [6, 6.07) is 9.08. The first kappa shape index (κ1) is 17.0. The summed E-state index contributed by atoms with van der Waals surface area (Å²) in [6.07, 6.45) is 0. The summed E-state index contributed by atoms with van der Waals surface area (Å²) < 4.78 is 28.8. The largest absolute Gasteiger partial charge is 0.454 e. The molecule has 3 rings (SSSR count). The van der Waals surface area contributed by atoms with E-state index in [0.29, 0.717) is 11.5 Å². The van der Waals surface area contributed by atoms with Crippen molar-refractivity contribution in [2.75, 3.05) is 13.4 Å². The van der Waals surface area contributed by atoms with Crippen LogP contribution in [0.5, 0.6) is 11.5 Å². The maximum absolute atomic E-state index is 13.6. The van der Waals surface area contributed by atoms with Gasteiger partial charge in [-0.15, -0.1) is 0 Å². The van der Waals surface area contributed by atoms with Gasteiger partial charge in [-0.25, -0.2) is 9.18 Å². The Morgan fingerprint density at radius 1 is 1.20 bits per heavy atom. The van der Waals surface area contributed by atoms with E-state index in [0.717, 1.165) is 11.6 Å². The van der Waals surface area contributed by atoms with E-state index in [1.807, 2.05) is 0 Å². The van der Waals surface area contributed by atoms with Gasteiger partial charge in [0, 0.05) is 6.54 Å². The molecule has 2 aromatic rings. The monoisotopic (exact) mass is 365 g/mol. The summed E-state index contributed by atoms with van der Waals surface area (Å²) >= 11 is 5.76. The molecule has 0 aliphatic carbocycles. The number of hydrogen-bond acceptors (Lipinski definition) is 5. The fourth-order valence-corrected chi connectivity index (χ4v) is 2.44. The third-order valence-corrected chi connectivity index (χ3v) is 3.74. The highest BCUT2D eigenvalue weighted by Gasteiger charge is 2.18. The Morgan fingerprint density at radius 2 is 2.00 bits per heavy atom. The lowest BCUT2D eigenvalue weighted by Gasteiger charge is -2.08. The van der Waals surface area contributed by atoms with Gasteiger partial charge in [-0.1, -0.05) is 23.7 Å². The van der Waals surface area contributed by atoms with Crippen molar-refractivity contribution in [3.05, 3.63) is 58.4 Å². The molecule has 0 radical (unpaired) electrons. The molecule has 2 aromatic carbocycles. The molecule has 1 aliphatic heterocycles. The van der Waals surface area contributed by atoms with Crippen LogP contribution < -0.4 is 14.8 Å². The minimum atomic E-state index is -0.999. The van der Waals surface area contributed by atoms with Gasteiger partial charge in [0.15, 0.2) is 18.1 Å². The summed E-state index contributed by atoms with van der Waals surface area (Å²) in [7, 11) is 0. The Bertz CT molecular complexity index is 806. The van der Waals surface area contributed by atoms with Crippen LogP contribution in [0.2, 0.25) is 5.02 Å². The van der Waals surface area contributed by atoms with E-state index < -0.39 is 29.9 Å². The number of nitrogens with one attached hydrogen (secondary N) is 1. The second-order valence-corrected chi connectivity index (χ2v) is 5.54. The molecule has 0 aromatic heterocycles. The van der Waals surface area contributed by atoms with E-state index in [1.165, 1.54) is 12.1 Å². The summed E-state index contributed by atoms with van der Waals surface area (Å²) in [5, 5.41) is 2.51. The molecule has 6 nitrogen and oxygen atoms in total. The van der Waals surface area contributed by atoms with E-state index in [2.05, 4.69) is 5.32 Å². The lowest BCUT2D eigenvalue weighted by Crippen LogP contribution is -2.28. The van der Waals surface area contributed by atoms with Crippen molar-refractivity contribution in [2.45, 2.75) is 6.54 Å². The van der Waals surface area contributed by atoms with Crippen molar-refractivity contribution < 1.29 is 28.2 Å². The lowest BCUT2D eigenvalue weighted by atomic mass is 10.2. The number of benzene rings is 2. The predicted molar refractivity (Wildman–Crippen MR) is 86.1 cm³/mol. The summed E-state index contributed by atoms with van der Waals surface area (Å²) in [5.41, 5.74) is 0.397. The maximum Gasteiger partial charge on any atom is 0.343 e. The van der Waals surface area contributed by atoms with Gasteiger partial charge in [-0.3, -0.25) is 4.79 Å². The highest BCUT2D eigenvalue weighted by atomic mass is 35.5. The van der Waals surface area contributed by atoms with E-state index in [9.17, 15) is 14.0 Å². The van der Waals surface area contributed by atoms with Crippen LogP contribution in [0.15, 0.2) is 36.4 Å². The van der Waals surface area contributed by atoms with Gasteiger partial charge in [-0.2, -0.15) is 0 Å². The highest BCUT2D eigenvalue weighted by Crippen LogP contribution is 2.32. The van der Waals surface area contributed by atoms with Crippen LogP contribution in [0.4, 0.5) is 4.39 Å². The maximum atomic E-state index is 13.6. The molecule has 0 saturated carbocycles. The number of rotatable bonds is 5. The molecular formula is C17H13ClFNO5. The predicted octanol–water partition coefficient (Wildman–Crippen LogP) is 2.68. The normalized spacial score (nSPS) is 11.9. The molecule has 1 amide bonds. The number of carbonyl (C=O) groups excluding carboxylic acids is 2. The SMILES string of the molecule is O=C(COC(=O)c1c(F)cccc1Cl)NCc1ccc2c(c1)OCO2. The first-order valence-electron chi connectivity index (χ1n) is 7.31. The molecule has 0 bridgehead atoms. The topological polar surface area (TPSA) is 73.9 Å². The molecule has 25 heavy (non-hydrogen) atoms. The minimum absolute atomic E-state index is 0.0780. The fraction of sp³-hybridized carbons (Fsp3) is 0.176. The van der Waals surface area contributed by atoms with Crippen LogP contribution in [0.1, 0.15) is 15.9 Å². The van der Waals surface area contributed by atoms with Crippen molar-refractivity contribution in [1.82, 2.24) is 5.32 Å². The minimum Gasteiger partial charge on any atom is -0.454 e. The third kappa shape index (κ3) is 4.00. The van der Waals surface area contributed by atoms with E-state index in [1.54, 1.807) is 18.2 Å². The van der Waals surface area contributed by atoms with Crippen molar-refractivity contribution in [3.8, 4) is 11.5 Å². The number of fused-ring (bicyclic) bond motifs is 1. The zero-order chi connectivity index (χ0) is 17.8. The van der Waals surface area contributed by atoms with Gasteiger partial charge in [0.05, 0.1) is 5.02 Å². The van der Waals surface area contributed by atoms with Gasteiger partial charge in [0.2, 0.25) is 6.79 Å². The van der Waals surface area contributed by atoms with E-state index >= 15 is 0 Å². The molecule has 0 atom stereocenters. The Hall–Kier alpha value is -2.80. The van der Waals surface area contributed by atoms with Gasteiger partial charge >= 0.3 is 5.97 Å². The van der Waals surface area contributed by atoms with E-state index in [-0.39, 0.29) is 18.4 Å². The Balaban J connectivity index is 1.50. The molecule has 1 heterocycles. The summed E-state index contributed by atoms with van der Waals surface area (Å²) in [5.74, 6) is -1.09. The molecule has 0 saturated heterocycles. The quantitative estimate of drug-likeness (QED) is 0.825. The van der Waals surface area contributed by atoms with Crippen LogP contribution in [0.25, 0.3) is 0 Å². The van der Waals surface area contributed by atoms with Gasteiger partial charge in [0.25, 0.3) is 5.91 Å². The average Bonchev–Trinajstić information content (AvgIpc) is 3.05. The van der Waals surface area contributed by atoms with Gasteiger partial charge < -0.3 is 19.5 Å². The fourth-order valence-electron chi connectivity index (χ4n) is 2.20. The second-order valence-electron chi connectivity index (χ2n) is 5.14. The van der Waals surface area contributed by atoms with Crippen LogP contribution in [-0.4, -0.2) is 25.3 Å². The zero-order valence-corrected chi connectivity index (χ0v) is 13.6. The third-order valence-electron chi connectivity index (χ3n) is 3.43. The molecule has 8 heteroatoms. The molecule has 1 aliphatic rings. The summed E-state index contributed by atoms with van der Waals surface area (Å²) in [4.78, 5) is 23.6. The van der Waals surface area contributed by atoms with Gasteiger partial charge in [-0.05, 0) is 29.8 Å². The molecule has 130 valence electrons. The van der Waals surface area contributed by atoms with Crippen LogP contribution in [0, 0.1) is 5.82 Å². The molecular weight excluding hydrogens is 353 g/mol. The zero-order valence-electron chi connectivity index (χ0n) is 12.9. The standard InChI is InChI=1S/C17H13ClFNO5/c18-11-2-1-3-12(19)16(11)17(22)23-8-15(21)20-7-10-4-5-13-14(6-10)25-9-24-13/h1-6H,7-9H2,(H,20,21). The number of esters is 1. The molecule has 0 spiro atoms. The van der Waals surface area contributed by atoms with Crippen LogP contribution in [0.3, 0.4) is 0 Å². The second kappa shape index (κ2) is 7.40. The molecule has 0 fully saturated rings.